The van der Waals surface area contributed by atoms with Crippen LogP contribution in [0.1, 0.15) is 35.6 Å². The number of carbonyl (C=O) groups excluding carboxylic acids is 1. The number of amides is 1. The molecule has 0 aliphatic carbocycles. The number of carbonyl (C=O) groups is 1. The molecule has 0 saturated carbocycles. The third-order valence-corrected chi connectivity index (χ3v) is 4.36. The van der Waals surface area contributed by atoms with Gasteiger partial charge in [0.1, 0.15) is 18.0 Å². The fourth-order valence-electron chi connectivity index (χ4n) is 3.14. The van der Waals surface area contributed by atoms with Crippen LogP contribution in [0.4, 0.5) is 13.2 Å². The minimum atomic E-state index is -4.70. The fourth-order valence-corrected chi connectivity index (χ4v) is 3.14. The summed E-state index contributed by atoms with van der Waals surface area (Å²) in [4.78, 5) is 23.3. The maximum absolute atomic E-state index is 13.0. The number of nitrogens with zero attached hydrogens (tertiary/aromatic N) is 9. The van der Waals surface area contributed by atoms with Crippen LogP contribution < -0.4 is 5.73 Å². The van der Waals surface area contributed by atoms with Gasteiger partial charge < -0.3 is 5.73 Å². The van der Waals surface area contributed by atoms with Crippen LogP contribution in [0.15, 0.2) is 6.33 Å². The number of hydrogen-bond acceptors (Lipinski definition) is 7. The lowest BCUT2D eigenvalue weighted by Crippen LogP contribution is -2.23. The molecular formula is C14H15F3N10O. The zero-order valence-electron chi connectivity index (χ0n) is 14.6. The summed E-state index contributed by atoms with van der Waals surface area (Å²) in [6, 6.07) is 0. The number of rotatable bonds is 4. The van der Waals surface area contributed by atoms with Gasteiger partial charge in [-0.15, -0.1) is 10.2 Å². The number of hydrogen-bond donors (Lipinski definition) is 1. The summed E-state index contributed by atoms with van der Waals surface area (Å²) in [6.07, 6.45) is -2.25. The molecule has 4 rings (SSSR count). The Kier molecular flexibility index (Phi) is 4.12. The molecule has 0 radical (unpaired) electrons. The Balaban J connectivity index is 1.77. The number of primary amides is 1. The molecule has 3 aromatic heterocycles. The highest BCUT2D eigenvalue weighted by atomic mass is 19.4. The topological polar surface area (TPSA) is 135 Å². The third-order valence-electron chi connectivity index (χ3n) is 4.36. The summed E-state index contributed by atoms with van der Waals surface area (Å²) >= 11 is 0. The predicted octanol–water partition coefficient (Wildman–Crippen LogP) is -0.236. The van der Waals surface area contributed by atoms with Crippen LogP contribution in [0.25, 0.3) is 5.95 Å². The summed E-state index contributed by atoms with van der Waals surface area (Å²) in [5.41, 5.74) is 5.21. The van der Waals surface area contributed by atoms with Gasteiger partial charge in [-0.05, 0) is 6.42 Å². The lowest BCUT2D eigenvalue weighted by atomic mass is 9.99. The number of halogens is 3. The molecule has 3 aromatic rings. The SMILES string of the molecule is Cn1nc(C(F)(F)F)nc1-n1nc(CC(N)=O)nc1C1CCc2ncnn2C1. The molecule has 1 unspecified atom stereocenters. The van der Waals surface area contributed by atoms with E-state index in [1.165, 1.54) is 18.1 Å². The van der Waals surface area contributed by atoms with E-state index < -0.39 is 17.9 Å². The van der Waals surface area contributed by atoms with E-state index in [1.54, 1.807) is 4.68 Å². The van der Waals surface area contributed by atoms with Gasteiger partial charge >= 0.3 is 6.18 Å². The standard InChI is InChI=1S/C14H15F3N10O/c1-25-13(22-12(24-25)14(15,16)17)27-11(21-9(23-27)4-8(18)28)7-2-3-10-19-6-20-26(10)5-7/h6-7H,2-5H2,1H3,(H2,18,28). The molecule has 0 spiro atoms. The van der Waals surface area contributed by atoms with Gasteiger partial charge in [-0.25, -0.2) is 19.3 Å². The first kappa shape index (κ1) is 18.1. The van der Waals surface area contributed by atoms with E-state index >= 15 is 0 Å². The maximum Gasteiger partial charge on any atom is 0.453 e. The Bertz CT molecular complexity index is 1030. The van der Waals surface area contributed by atoms with Gasteiger partial charge in [-0.1, -0.05) is 0 Å². The summed E-state index contributed by atoms with van der Waals surface area (Å²) in [7, 11) is 1.33. The van der Waals surface area contributed by atoms with Gasteiger partial charge in [0, 0.05) is 19.4 Å². The Morgan fingerprint density at radius 1 is 1.32 bits per heavy atom. The molecule has 1 atom stereocenters. The summed E-state index contributed by atoms with van der Waals surface area (Å²) in [6.45, 7) is 0.425. The quantitative estimate of drug-likeness (QED) is 0.643. The third kappa shape index (κ3) is 3.20. The molecular weight excluding hydrogens is 381 g/mol. The van der Waals surface area contributed by atoms with E-state index in [9.17, 15) is 18.0 Å². The number of alkyl halides is 3. The minimum Gasteiger partial charge on any atom is -0.369 e. The van der Waals surface area contributed by atoms with Crippen molar-refractivity contribution in [1.82, 2.24) is 44.3 Å². The predicted molar refractivity (Wildman–Crippen MR) is 84.9 cm³/mol. The van der Waals surface area contributed by atoms with E-state index in [1.807, 2.05) is 0 Å². The van der Waals surface area contributed by atoms with E-state index in [2.05, 4.69) is 30.2 Å². The zero-order valence-corrected chi connectivity index (χ0v) is 14.6. The molecule has 14 heteroatoms. The molecule has 0 fully saturated rings. The minimum absolute atomic E-state index is 0.100. The lowest BCUT2D eigenvalue weighted by molar-refractivity contribution is -0.145. The molecule has 11 nitrogen and oxygen atoms in total. The number of aromatic nitrogens is 9. The van der Waals surface area contributed by atoms with Crippen molar-refractivity contribution in [1.29, 1.82) is 0 Å². The van der Waals surface area contributed by atoms with Gasteiger partial charge in [-0.2, -0.15) is 27.9 Å². The number of aryl methyl sites for hydroxylation is 2. The van der Waals surface area contributed by atoms with Gasteiger partial charge in [0.25, 0.3) is 11.8 Å². The molecule has 148 valence electrons. The molecule has 0 saturated heterocycles. The van der Waals surface area contributed by atoms with Crippen LogP contribution in [0.5, 0.6) is 0 Å². The van der Waals surface area contributed by atoms with E-state index in [0.717, 1.165) is 10.5 Å². The average molecular weight is 396 g/mol. The molecule has 1 amide bonds. The van der Waals surface area contributed by atoms with E-state index in [4.69, 9.17) is 5.73 Å². The highest BCUT2D eigenvalue weighted by Crippen LogP contribution is 2.30. The Labute approximate surface area is 155 Å². The van der Waals surface area contributed by atoms with Crippen molar-refractivity contribution in [2.75, 3.05) is 0 Å². The van der Waals surface area contributed by atoms with Crippen molar-refractivity contribution < 1.29 is 18.0 Å². The molecule has 0 bridgehead atoms. The van der Waals surface area contributed by atoms with Crippen LogP contribution in [0, 0.1) is 0 Å². The second kappa shape index (κ2) is 6.38. The van der Waals surface area contributed by atoms with Crippen molar-refractivity contribution in [3.8, 4) is 5.95 Å². The fraction of sp³-hybridized carbons (Fsp3) is 0.500. The Morgan fingerprint density at radius 2 is 2.11 bits per heavy atom. The number of nitrogens with two attached hydrogens (primary N) is 1. The van der Waals surface area contributed by atoms with E-state index in [0.29, 0.717) is 25.2 Å². The van der Waals surface area contributed by atoms with Crippen LogP contribution >= 0.6 is 0 Å². The summed E-state index contributed by atoms with van der Waals surface area (Å²) in [5, 5.41) is 11.7. The van der Waals surface area contributed by atoms with Crippen LogP contribution in [-0.2, 0) is 37.4 Å². The molecule has 0 aromatic carbocycles. The van der Waals surface area contributed by atoms with Crippen molar-refractivity contribution in [3.63, 3.8) is 0 Å². The average Bonchev–Trinajstić information content (AvgIpc) is 3.30. The van der Waals surface area contributed by atoms with Gasteiger partial charge in [0.05, 0.1) is 13.0 Å². The number of fused-ring (bicyclic) bond motifs is 1. The Morgan fingerprint density at radius 3 is 2.79 bits per heavy atom. The maximum atomic E-state index is 13.0. The Hall–Kier alpha value is -3.32. The normalized spacial score (nSPS) is 16.9. The highest BCUT2D eigenvalue weighted by molar-refractivity contribution is 5.75. The highest BCUT2D eigenvalue weighted by Gasteiger charge is 2.38. The van der Waals surface area contributed by atoms with Gasteiger partial charge in [0.15, 0.2) is 5.82 Å². The van der Waals surface area contributed by atoms with Crippen molar-refractivity contribution in [3.05, 3.63) is 29.6 Å². The summed E-state index contributed by atoms with van der Waals surface area (Å²) in [5.74, 6) is -1.03. The van der Waals surface area contributed by atoms with Crippen LogP contribution in [0.3, 0.4) is 0 Å². The molecule has 1 aliphatic rings. The van der Waals surface area contributed by atoms with Gasteiger partial charge in [-0.3, -0.25) is 4.79 Å². The monoisotopic (exact) mass is 396 g/mol. The summed E-state index contributed by atoms with van der Waals surface area (Å²) < 4.78 is 42.9. The van der Waals surface area contributed by atoms with E-state index in [-0.39, 0.29) is 24.1 Å². The molecule has 28 heavy (non-hydrogen) atoms. The van der Waals surface area contributed by atoms with Crippen LogP contribution in [-0.4, -0.2) is 50.2 Å². The second-order valence-electron chi connectivity index (χ2n) is 6.39. The molecule has 2 N–H and O–H groups in total. The largest absolute Gasteiger partial charge is 0.453 e. The zero-order chi connectivity index (χ0) is 20.1. The van der Waals surface area contributed by atoms with Crippen molar-refractivity contribution in [2.45, 2.75) is 37.9 Å². The molecule has 4 heterocycles. The van der Waals surface area contributed by atoms with Crippen LogP contribution in [0.2, 0.25) is 0 Å². The smallest absolute Gasteiger partial charge is 0.369 e. The first-order chi connectivity index (χ1) is 13.2. The van der Waals surface area contributed by atoms with Crippen molar-refractivity contribution >= 4 is 5.91 Å². The lowest BCUT2D eigenvalue weighted by Gasteiger charge is -2.21. The van der Waals surface area contributed by atoms with Crippen molar-refractivity contribution in [2.24, 2.45) is 12.8 Å². The first-order valence-corrected chi connectivity index (χ1v) is 8.32. The van der Waals surface area contributed by atoms with Gasteiger partial charge in [0.2, 0.25) is 5.91 Å². The molecule has 1 aliphatic heterocycles. The second-order valence-corrected chi connectivity index (χ2v) is 6.39. The first-order valence-electron chi connectivity index (χ1n) is 8.32.